The van der Waals surface area contributed by atoms with Crippen molar-refractivity contribution in [2.45, 2.75) is 13.3 Å². The molecule has 1 amide bonds. The van der Waals surface area contributed by atoms with Crippen LogP contribution in [0.25, 0.3) is 21.3 Å². The van der Waals surface area contributed by atoms with E-state index in [-0.39, 0.29) is 5.91 Å². The zero-order chi connectivity index (χ0) is 22.8. The molecule has 3 aromatic carbocycles. The molecule has 2 aromatic heterocycles. The highest BCUT2D eigenvalue weighted by Crippen LogP contribution is 2.34. The number of anilines is 1. The quantitative estimate of drug-likeness (QED) is 0.286. The molecule has 0 fully saturated rings. The van der Waals surface area contributed by atoms with Gasteiger partial charge in [-0.15, -0.1) is 22.7 Å². The summed E-state index contributed by atoms with van der Waals surface area (Å²) in [6.07, 6.45) is 0.710. The first kappa shape index (κ1) is 21.4. The molecule has 4 nitrogen and oxygen atoms in total. The Balaban J connectivity index is 1.42. The Hall–Kier alpha value is -3.48. The summed E-state index contributed by atoms with van der Waals surface area (Å²) in [6, 6.07) is 24.4. The molecule has 0 saturated heterocycles. The van der Waals surface area contributed by atoms with Crippen molar-refractivity contribution in [1.29, 1.82) is 0 Å². The fourth-order valence-electron chi connectivity index (χ4n) is 3.75. The first-order valence-corrected chi connectivity index (χ1v) is 12.3. The van der Waals surface area contributed by atoms with Gasteiger partial charge >= 0.3 is 0 Å². The third kappa shape index (κ3) is 4.53. The van der Waals surface area contributed by atoms with Crippen LogP contribution >= 0.6 is 22.7 Å². The zero-order valence-corrected chi connectivity index (χ0v) is 19.9. The van der Waals surface area contributed by atoms with E-state index in [9.17, 15) is 4.79 Å². The smallest absolute Gasteiger partial charge is 0.267 e. The highest BCUT2D eigenvalue weighted by molar-refractivity contribution is 7.21. The number of thiazole rings is 1. The molecule has 0 unspecified atom stereocenters. The average Bonchev–Trinajstić information content (AvgIpc) is 3.46. The number of hydrogen-bond acceptors (Lipinski definition) is 5. The number of carbonyl (C=O) groups is 1. The number of nitrogens with zero attached hydrogens (tertiary/aromatic N) is 1. The van der Waals surface area contributed by atoms with Gasteiger partial charge in [0.15, 0.2) is 5.13 Å². The summed E-state index contributed by atoms with van der Waals surface area (Å²) < 4.78 is 6.34. The van der Waals surface area contributed by atoms with Gasteiger partial charge in [0.05, 0.1) is 17.7 Å². The third-order valence-electron chi connectivity index (χ3n) is 5.52. The lowest BCUT2D eigenvalue weighted by atomic mass is 10.0. The zero-order valence-electron chi connectivity index (χ0n) is 18.3. The molecule has 0 bridgehead atoms. The molecule has 0 spiro atoms. The minimum Gasteiger partial charge on any atom is -0.497 e. The average molecular weight is 471 g/mol. The summed E-state index contributed by atoms with van der Waals surface area (Å²) in [5.74, 6) is 0.683. The number of methoxy groups -OCH3 is 1. The van der Waals surface area contributed by atoms with E-state index in [0.717, 1.165) is 37.5 Å². The summed E-state index contributed by atoms with van der Waals surface area (Å²) in [5.41, 5.74) is 5.28. The van der Waals surface area contributed by atoms with Crippen LogP contribution in [0.3, 0.4) is 0 Å². The monoisotopic (exact) mass is 470 g/mol. The van der Waals surface area contributed by atoms with Crippen molar-refractivity contribution in [1.82, 2.24) is 4.98 Å². The summed E-state index contributed by atoms with van der Waals surface area (Å²) >= 11 is 2.96. The fraction of sp³-hybridized carbons (Fsp3) is 0.111. The standard InChI is InChI=1S/C27H22N2O2S2/c1-17-7-9-18(10-8-17)15-22-21-5-3-4-6-24(21)33-25(22)26(30)29-27-28-23(16-32-27)19-11-13-20(31-2)14-12-19/h3-14,16H,15H2,1-2H3,(H,28,29,30). The van der Waals surface area contributed by atoms with E-state index in [1.165, 1.54) is 33.8 Å². The number of nitrogens with one attached hydrogen (secondary N) is 1. The van der Waals surface area contributed by atoms with Crippen LogP contribution in [0.4, 0.5) is 5.13 Å². The van der Waals surface area contributed by atoms with Crippen LogP contribution < -0.4 is 10.1 Å². The Morgan fingerprint density at radius 1 is 1.00 bits per heavy atom. The van der Waals surface area contributed by atoms with Crippen LogP contribution in [0.1, 0.15) is 26.4 Å². The second kappa shape index (κ2) is 9.17. The third-order valence-corrected chi connectivity index (χ3v) is 7.49. The predicted molar refractivity (Wildman–Crippen MR) is 138 cm³/mol. The first-order valence-electron chi connectivity index (χ1n) is 10.6. The van der Waals surface area contributed by atoms with Crippen molar-refractivity contribution in [3.8, 4) is 17.0 Å². The van der Waals surface area contributed by atoms with Crippen LogP contribution in [0.5, 0.6) is 5.75 Å². The van der Waals surface area contributed by atoms with E-state index in [2.05, 4.69) is 53.6 Å². The Morgan fingerprint density at radius 2 is 1.76 bits per heavy atom. The summed E-state index contributed by atoms with van der Waals surface area (Å²) in [4.78, 5) is 18.7. The van der Waals surface area contributed by atoms with E-state index in [0.29, 0.717) is 11.6 Å². The maximum atomic E-state index is 13.3. The fourth-order valence-corrected chi connectivity index (χ4v) is 5.58. The van der Waals surface area contributed by atoms with Crippen LogP contribution in [-0.2, 0) is 6.42 Å². The number of fused-ring (bicyclic) bond motifs is 1. The molecule has 2 heterocycles. The van der Waals surface area contributed by atoms with E-state index in [1.54, 1.807) is 7.11 Å². The SMILES string of the molecule is COc1ccc(-c2csc(NC(=O)c3sc4ccccc4c3Cc3ccc(C)cc3)n2)cc1. The number of rotatable bonds is 6. The van der Waals surface area contributed by atoms with Crippen LogP contribution in [0.15, 0.2) is 78.2 Å². The van der Waals surface area contributed by atoms with Gasteiger partial charge in [0.1, 0.15) is 5.75 Å². The minimum absolute atomic E-state index is 0.117. The second-order valence-electron chi connectivity index (χ2n) is 7.79. The maximum Gasteiger partial charge on any atom is 0.267 e. The van der Waals surface area contributed by atoms with E-state index in [4.69, 9.17) is 4.74 Å². The van der Waals surface area contributed by atoms with Crippen molar-refractivity contribution in [2.75, 3.05) is 12.4 Å². The molecule has 0 radical (unpaired) electrons. The van der Waals surface area contributed by atoms with Gasteiger partial charge in [-0.25, -0.2) is 4.98 Å². The van der Waals surface area contributed by atoms with Gasteiger partial charge in [-0.2, -0.15) is 0 Å². The molecule has 5 aromatic rings. The molecule has 33 heavy (non-hydrogen) atoms. The number of thiophene rings is 1. The number of aryl methyl sites for hydroxylation is 1. The summed E-state index contributed by atoms with van der Waals surface area (Å²) in [6.45, 7) is 2.08. The van der Waals surface area contributed by atoms with Gasteiger partial charge in [0.25, 0.3) is 5.91 Å². The number of hydrogen-bond donors (Lipinski definition) is 1. The normalized spacial score (nSPS) is 11.0. The van der Waals surface area contributed by atoms with Gasteiger partial charge in [0, 0.05) is 15.6 Å². The number of amides is 1. The summed E-state index contributed by atoms with van der Waals surface area (Å²) in [7, 11) is 1.65. The molecule has 0 saturated carbocycles. The molecular formula is C27H22N2O2S2. The molecule has 1 N–H and O–H groups in total. The van der Waals surface area contributed by atoms with Gasteiger partial charge < -0.3 is 4.74 Å². The van der Waals surface area contributed by atoms with Crippen molar-refractivity contribution < 1.29 is 9.53 Å². The Kier molecular flexibility index (Phi) is 5.94. The van der Waals surface area contributed by atoms with Gasteiger partial charge in [-0.05, 0) is 60.2 Å². The van der Waals surface area contributed by atoms with Crippen LogP contribution in [0, 0.1) is 6.92 Å². The Bertz CT molecular complexity index is 1420. The molecule has 6 heteroatoms. The topological polar surface area (TPSA) is 51.2 Å². The van der Waals surface area contributed by atoms with E-state index >= 15 is 0 Å². The molecular weight excluding hydrogens is 448 g/mol. The van der Waals surface area contributed by atoms with Crippen molar-refractivity contribution in [3.63, 3.8) is 0 Å². The largest absolute Gasteiger partial charge is 0.497 e. The highest BCUT2D eigenvalue weighted by Gasteiger charge is 2.20. The Labute approximate surface area is 200 Å². The molecule has 5 rings (SSSR count). The highest BCUT2D eigenvalue weighted by atomic mass is 32.1. The molecule has 0 aliphatic heterocycles. The maximum absolute atomic E-state index is 13.3. The van der Waals surface area contributed by atoms with Crippen molar-refractivity contribution >= 4 is 43.8 Å². The second-order valence-corrected chi connectivity index (χ2v) is 9.70. The number of ether oxygens (including phenoxy) is 1. The van der Waals surface area contributed by atoms with Crippen molar-refractivity contribution in [3.05, 3.63) is 99.7 Å². The molecule has 0 aliphatic rings. The minimum atomic E-state index is -0.117. The van der Waals surface area contributed by atoms with E-state index in [1.807, 2.05) is 41.8 Å². The van der Waals surface area contributed by atoms with Crippen LogP contribution in [-0.4, -0.2) is 18.0 Å². The predicted octanol–water partition coefficient (Wildman–Crippen LogP) is 7.18. The summed E-state index contributed by atoms with van der Waals surface area (Å²) in [5, 5.41) is 6.69. The van der Waals surface area contributed by atoms with E-state index < -0.39 is 0 Å². The Morgan fingerprint density at radius 3 is 2.52 bits per heavy atom. The first-order chi connectivity index (χ1) is 16.1. The number of benzene rings is 3. The lowest BCUT2D eigenvalue weighted by Crippen LogP contribution is -2.12. The van der Waals surface area contributed by atoms with Crippen molar-refractivity contribution in [2.24, 2.45) is 0 Å². The number of carbonyl (C=O) groups excluding carboxylic acids is 1. The molecule has 164 valence electrons. The number of aromatic nitrogens is 1. The lowest BCUT2D eigenvalue weighted by molar-refractivity contribution is 0.103. The molecule has 0 aliphatic carbocycles. The van der Waals surface area contributed by atoms with Crippen LogP contribution in [0.2, 0.25) is 0 Å². The molecule has 0 atom stereocenters. The van der Waals surface area contributed by atoms with Gasteiger partial charge in [0.2, 0.25) is 0 Å². The van der Waals surface area contributed by atoms with Gasteiger partial charge in [-0.3, -0.25) is 10.1 Å². The lowest BCUT2D eigenvalue weighted by Gasteiger charge is -2.06. The van der Waals surface area contributed by atoms with Gasteiger partial charge in [-0.1, -0.05) is 48.0 Å².